The van der Waals surface area contributed by atoms with E-state index in [0.29, 0.717) is 19.4 Å². The van der Waals surface area contributed by atoms with Crippen molar-refractivity contribution in [2.24, 2.45) is 5.73 Å². The van der Waals surface area contributed by atoms with E-state index < -0.39 is 0 Å². The number of aromatic nitrogens is 1. The molecule has 0 saturated carbocycles. The standard InChI is InChI=1S/C17H21N3O/c1-13-9-10-19-11-15(13)12-20-17(21)8-7-16(18)14-5-3-2-4-6-14/h2-6,9-11,16H,7-8,12,18H2,1H3,(H,20,21). The first-order valence-electron chi connectivity index (χ1n) is 7.13. The lowest BCUT2D eigenvalue weighted by Gasteiger charge is -2.12. The van der Waals surface area contributed by atoms with Crippen LogP contribution in [0.5, 0.6) is 0 Å². The fourth-order valence-corrected chi connectivity index (χ4v) is 2.12. The molecule has 1 amide bonds. The molecule has 1 heterocycles. The highest BCUT2D eigenvalue weighted by Crippen LogP contribution is 2.15. The van der Waals surface area contributed by atoms with E-state index in [0.717, 1.165) is 16.7 Å². The quantitative estimate of drug-likeness (QED) is 0.856. The zero-order chi connectivity index (χ0) is 15.1. The van der Waals surface area contributed by atoms with Crippen LogP contribution >= 0.6 is 0 Å². The normalized spacial score (nSPS) is 11.9. The Labute approximate surface area is 125 Å². The van der Waals surface area contributed by atoms with Gasteiger partial charge < -0.3 is 11.1 Å². The van der Waals surface area contributed by atoms with E-state index in [-0.39, 0.29) is 11.9 Å². The molecule has 4 heteroatoms. The zero-order valence-corrected chi connectivity index (χ0v) is 12.3. The Morgan fingerprint density at radius 1 is 1.29 bits per heavy atom. The lowest BCUT2D eigenvalue weighted by molar-refractivity contribution is -0.121. The largest absolute Gasteiger partial charge is 0.352 e. The molecule has 4 nitrogen and oxygen atoms in total. The van der Waals surface area contributed by atoms with Crippen LogP contribution in [-0.4, -0.2) is 10.9 Å². The van der Waals surface area contributed by atoms with E-state index in [1.807, 2.05) is 43.3 Å². The molecular formula is C17H21N3O. The van der Waals surface area contributed by atoms with Crippen molar-refractivity contribution in [2.75, 3.05) is 0 Å². The highest BCUT2D eigenvalue weighted by molar-refractivity contribution is 5.75. The maximum Gasteiger partial charge on any atom is 0.220 e. The number of aryl methyl sites for hydroxylation is 1. The number of hydrogen-bond donors (Lipinski definition) is 2. The van der Waals surface area contributed by atoms with Crippen molar-refractivity contribution in [2.45, 2.75) is 32.4 Å². The number of hydrogen-bond acceptors (Lipinski definition) is 3. The van der Waals surface area contributed by atoms with Crippen LogP contribution in [0.15, 0.2) is 48.8 Å². The molecule has 0 spiro atoms. The molecule has 1 aromatic carbocycles. The third-order valence-electron chi connectivity index (χ3n) is 3.53. The van der Waals surface area contributed by atoms with Crippen LogP contribution in [0, 0.1) is 6.92 Å². The van der Waals surface area contributed by atoms with Crippen molar-refractivity contribution in [1.82, 2.24) is 10.3 Å². The summed E-state index contributed by atoms with van der Waals surface area (Å²) in [5, 5.41) is 2.91. The molecule has 0 radical (unpaired) electrons. The van der Waals surface area contributed by atoms with Gasteiger partial charge in [-0.2, -0.15) is 0 Å². The van der Waals surface area contributed by atoms with Crippen LogP contribution in [0.1, 0.15) is 35.6 Å². The minimum absolute atomic E-state index is 0.0182. The summed E-state index contributed by atoms with van der Waals surface area (Å²) in [6.07, 6.45) is 4.60. The molecule has 21 heavy (non-hydrogen) atoms. The predicted octanol–water partition coefficient (Wildman–Crippen LogP) is 2.49. The SMILES string of the molecule is Cc1ccncc1CNC(=O)CCC(N)c1ccccc1. The Morgan fingerprint density at radius 3 is 2.76 bits per heavy atom. The van der Waals surface area contributed by atoms with Crippen molar-refractivity contribution in [1.29, 1.82) is 0 Å². The van der Waals surface area contributed by atoms with Gasteiger partial charge in [-0.3, -0.25) is 9.78 Å². The van der Waals surface area contributed by atoms with Gasteiger partial charge in [-0.25, -0.2) is 0 Å². The molecule has 0 bridgehead atoms. The van der Waals surface area contributed by atoms with E-state index in [2.05, 4.69) is 10.3 Å². The van der Waals surface area contributed by atoms with Gasteiger partial charge in [-0.05, 0) is 36.1 Å². The maximum atomic E-state index is 11.9. The molecule has 0 aliphatic carbocycles. The molecule has 1 atom stereocenters. The molecule has 2 rings (SSSR count). The number of pyridine rings is 1. The topological polar surface area (TPSA) is 68.0 Å². The summed E-state index contributed by atoms with van der Waals surface area (Å²) in [5.41, 5.74) is 9.32. The molecule has 1 unspecified atom stereocenters. The number of benzene rings is 1. The van der Waals surface area contributed by atoms with E-state index >= 15 is 0 Å². The summed E-state index contributed by atoms with van der Waals surface area (Å²) in [7, 11) is 0. The van der Waals surface area contributed by atoms with Gasteiger partial charge >= 0.3 is 0 Å². The number of nitrogens with zero attached hydrogens (tertiary/aromatic N) is 1. The lowest BCUT2D eigenvalue weighted by Crippen LogP contribution is -2.24. The Kier molecular flexibility index (Phi) is 5.46. The zero-order valence-electron chi connectivity index (χ0n) is 12.3. The van der Waals surface area contributed by atoms with Crippen LogP contribution in [-0.2, 0) is 11.3 Å². The lowest BCUT2D eigenvalue weighted by atomic mass is 10.0. The predicted molar refractivity (Wildman–Crippen MR) is 83.4 cm³/mol. The van der Waals surface area contributed by atoms with Crippen molar-refractivity contribution in [3.05, 3.63) is 65.5 Å². The van der Waals surface area contributed by atoms with E-state index in [1.165, 1.54) is 0 Å². The maximum absolute atomic E-state index is 11.9. The minimum Gasteiger partial charge on any atom is -0.352 e. The Hall–Kier alpha value is -2.20. The summed E-state index contributed by atoms with van der Waals surface area (Å²) in [4.78, 5) is 15.9. The second-order valence-electron chi connectivity index (χ2n) is 5.13. The summed E-state index contributed by atoms with van der Waals surface area (Å²) < 4.78 is 0. The minimum atomic E-state index is -0.0999. The second kappa shape index (κ2) is 7.55. The van der Waals surface area contributed by atoms with Gasteiger partial charge in [0.1, 0.15) is 0 Å². The number of nitrogens with two attached hydrogens (primary N) is 1. The van der Waals surface area contributed by atoms with Gasteiger partial charge in [0.25, 0.3) is 0 Å². The van der Waals surface area contributed by atoms with Crippen molar-refractivity contribution < 1.29 is 4.79 Å². The van der Waals surface area contributed by atoms with Gasteiger partial charge in [0.05, 0.1) is 0 Å². The van der Waals surface area contributed by atoms with Crippen molar-refractivity contribution >= 4 is 5.91 Å². The average molecular weight is 283 g/mol. The van der Waals surface area contributed by atoms with Crippen LogP contribution in [0.25, 0.3) is 0 Å². The Bertz CT molecular complexity index is 584. The molecule has 110 valence electrons. The molecule has 0 fully saturated rings. The third-order valence-corrected chi connectivity index (χ3v) is 3.53. The number of carbonyl (C=O) groups excluding carboxylic acids is 1. The molecular weight excluding hydrogens is 262 g/mol. The average Bonchev–Trinajstić information content (AvgIpc) is 2.52. The Morgan fingerprint density at radius 2 is 2.05 bits per heavy atom. The molecule has 1 aromatic heterocycles. The highest BCUT2D eigenvalue weighted by Gasteiger charge is 2.09. The highest BCUT2D eigenvalue weighted by atomic mass is 16.1. The number of carbonyl (C=O) groups is 1. The van der Waals surface area contributed by atoms with E-state index in [4.69, 9.17) is 5.73 Å². The van der Waals surface area contributed by atoms with Crippen molar-refractivity contribution in [3.63, 3.8) is 0 Å². The van der Waals surface area contributed by atoms with Crippen LogP contribution in [0.4, 0.5) is 0 Å². The monoisotopic (exact) mass is 283 g/mol. The molecule has 2 aromatic rings. The fraction of sp³-hybridized carbons (Fsp3) is 0.294. The van der Waals surface area contributed by atoms with Gasteiger partial charge in [0.15, 0.2) is 0 Å². The van der Waals surface area contributed by atoms with Crippen LogP contribution in [0.3, 0.4) is 0 Å². The summed E-state index contributed by atoms with van der Waals surface area (Å²) in [5.74, 6) is 0.0182. The van der Waals surface area contributed by atoms with E-state index in [9.17, 15) is 4.79 Å². The first-order valence-corrected chi connectivity index (χ1v) is 7.13. The first-order chi connectivity index (χ1) is 10.2. The first kappa shape index (κ1) is 15.2. The Balaban J connectivity index is 1.76. The smallest absolute Gasteiger partial charge is 0.220 e. The fourth-order valence-electron chi connectivity index (χ4n) is 2.12. The number of nitrogens with one attached hydrogen (secondary N) is 1. The third kappa shape index (κ3) is 4.68. The summed E-state index contributed by atoms with van der Waals surface area (Å²) in [6.45, 7) is 2.52. The van der Waals surface area contributed by atoms with Crippen molar-refractivity contribution in [3.8, 4) is 0 Å². The summed E-state index contributed by atoms with van der Waals surface area (Å²) in [6, 6.07) is 11.7. The van der Waals surface area contributed by atoms with E-state index in [1.54, 1.807) is 12.4 Å². The van der Waals surface area contributed by atoms with Gasteiger partial charge in [0, 0.05) is 31.4 Å². The van der Waals surface area contributed by atoms with Gasteiger partial charge in [0.2, 0.25) is 5.91 Å². The van der Waals surface area contributed by atoms with Crippen LogP contribution in [0.2, 0.25) is 0 Å². The summed E-state index contributed by atoms with van der Waals surface area (Å²) >= 11 is 0. The van der Waals surface area contributed by atoms with Gasteiger partial charge in [-0.1, -0.05) is 30.3 Å². The van der Waals surface area contributed by atoms with Gasteiger partial charge in [-0.15, -0.1) is 0 Å². The molecule has 0 aliphatic heterocycles. The number of rotatable bonds is 6. The molecule has 3 N–H and O–H groups in total. The molecule has 0 saturated heterocycles. The second-order valence-corrected chi connectivity index (χ2v) is 5.13. The number of amides is 1. The van der Waals surface area contributed by atoms with Crippen LogP contribution < -0.4 is 11.1 Å². The molecule has 0 aliphatic rings.